The second-order valence-electron chi connectivity index (χ2n) is 5.58. The van der Waals surface area contributed by atoms with E-state index in [1.54, 1.807) is 0 Å². The van der Waals surface area contributed by atoms with Crippen LogP contribution < -0.4 is 5.32 Å². The van der Waals surface area contributed by atoms with Crippen LogP contribution in [0.4, 0.5) is 0 Å². The zero-order chi connectivity index (χ0) is 16.4. The van der Waals surface area contributed by atoms with Crippen molar-refractivity contribution in [2.75, 3.05) is 0 Å². The Morgan fingerprint density at radius 2 is 2.00 bits per heavy atom. The Labute approximate surface area is 135 Å². The van der Waals surface area contributed by atoms with Gasteiger partial charge in [-0.15, -0.1) is 0 Å². The molecule has 2 heterocycles. The second-order valence-corrected chi connectivity index (χ2v) is 5.58. The smallest absolute Gasteiger partial charge is 0.243 e. The number of nitrogens with zero attached hydrogens (tertiary/aromatic N) is 2. The molecular weight excluding hydrogens is 286 g/mol. The van der Waals surface area contributed by atoms with Gasteiger partial charge in [0.2, 0.25) is 5.91 Å². The highest BCUT2D eigenvalue weighted by Crippen LogP contribution is 2.28. The van der Waals surface area contributed by atoms with Crippen molar-refractivity contribution in [1.29, 1.82) is 0 Å². The van der Waals surface area contributed by atoms with E-state index in [0.29, 0.717) is 0 Å². The van der Waals surface area contributed by atoms with Crippen molar-refractivity contribution in [3.8, 4) is 11.1 Å². The molecule has 1 amide bonds. The molecule has 0 unspecified atom stereocenters. The fourth-order valence-electron chi connectivity index (χ4n) is 2.72. The third-order valence-electron chi connectivity index (χ3n) is 4.03. The summed E-state index contributed by atoms with van der Waals surface area (Å²) in [5.41, 5.74) is 4.32. The Balaban J connectivity index is 1.92. The first-order chi connectivity index (χ1) is 11.1. The lowest BCUT2D eigenvalue weighted by atomic mass is 10.00. The number of hydrogen-bond acceptors (Lipinski definition) is 2. The highest BCUT2D eigenvalue weighted by molar-refractivity contribution is 5.93. The number of nitrogens with one attached hydrogen (secondary N) is 1. The first-order valence-corrected chi connectivity index (χ1v) is 7.53. The zero-order valence-corrected chi connectivity index (χ0v) is 13.3. The molecule has 3 aromatic rings. The molecule has 4 nitrogen and oxygen atoms in total. The number of rotatable bonds is 4. The van der Waals surface area contributed by atoms with E-state index in [1.807, 2.05) is 49.1 Å². The molecule has 0 fully saturated rings. The minimum absolute atomic E-state index is 0.0521. The summed E-state index contributed by atoms with van der Waals surface area (Å²) in [5, 5.41) is 4.00. The monoisotopic (exact) mass is 305 g/mol. The van der Waals surface area contributed by atoms with Crippen molar-refractivity contribution in [2.24, 2.45) is 7.05 Å². The predicted octanol–water partition coefficient (Wildman–Crippen LogP) is 3.60. The van der Waals surface area contributed by atoms with E-state index < -0.39 is 0 Å². The number of aryl methyl sites for hydroxylation is 1. The van der Waals surface area contributed by atoms with Crippen molar-refractivity contribution >= 4 is 16.9 Å². The summed E-state index contributed by atoms with van der Waals surface area (Å²) in [4.78, 5) is 15.8. The Morgan fingerprint density at radius 1 is 1.26 bits per heavy atom. The van der Waals surface area contributed by atoms with Gasteiger partial charge >= 0.3 is 0 Å². The Morgan fingerprint density at radius 3 is 2.70 bits per heavy atom. The van der Waals surface area contributed by atoms with Crippen LogP contribution in [0.15, 0.2) is 61.4 Å². The standard InChI is InChI=1S/C19H19N3O/c1-4-18(23)21-13(2)14-5-7-15(8-6-14)16-9-11-20-19-17(16)10-12-22(19)3/h4-13H,1H2,2-3H3,(H,21,23)/t13-/m1/s1. The number of benzene rings is 1. The molecule has 0 saturated heterocycles. The quantitative estimate of drug-likeness (QED) is 0.749. The van der Waals surface area contributed by atoms with Crippen LogP contribution in [0, 0.1) is 0 Å². The maximum absolute atomic E-state index is 11.4. The molecule has 1 atom stereocenters. The minimum atomic E-state index is -0.165. The number of aromatic nitrogens is 2. The zero-order valence-electron chi connectivity index (χ0n) is 13.3. The maximum Gasteiger partial charge on any atom is 0.243 e. The van der Waals surface area contributed by atoms with Crippen LogP contribution in [-0.4, -0.2) is 15.5 Å². The third kappa shape index (κ3) is 2.88. The van der Waals surface area contributed by atoms with Crippen molar-refractivity contribution in [1.82, 2.24) is 14.9 Å². The molecule has 2 aromatic heterocycles. The lowest BCUT2D eigenvalue weighted by molar-refractivity contribution is -0.117. The fraction of sp³-hybridized carbons (Fsp3) is 0.158. The molecule has 0 radical (unpaired) electrons. The van der Waals surface area contributed by atoms with E-state index in [0.717, 1.165) is 27.7 Å². The molecule has 4 heteroatoms. The molecule has 0 aliphatic heterocycles. The average molecular weight is 305 g/mol. The van der Waals surface area contributed by atoms with Crippen molar-refractivity contribution in [3.05, 3.63) is 67.0 Å². The van der Waals surface area contributed by atoms with E-state index in [9.17, 15) is 4.79 Å². The lowest BCUT2D eigenvalue weighted by Crippen LogP contribution is -2.24. The summed E-state index contributed by atoms with van der Waals surface area (Å²) >= 11 is 0. The largest absolute Gasteiger partial charge is 0.346 e. The van der Waals surface area contributed by atoms with Crippen LogP contribution in [0.2, 0.25) is 0 Å². The van der Waals surface area contributed by atoms with Gasteiger partial charge in [-0.25, -0.2) is 4.98 Å². The number of pyridine rings is 1. The van der Waals surface area contributed by atoms with Crippen LogP contribution in [0.3, 0.4) is 0 Å². The molecular formula is C19H19N3O. The molecule has 23 heavy (non-hydrogen) atoms. The highest BCUT2D eigenvalue weighted by atomic mass is 16.1. The van der Waals surface area contributed by atoms with Gasteiger partial charge in [-0.05, 0) is 41.8 Å². The van der Waals surface area contributed by atoms with Crippen LogP contribution in [0.5, 0.6) is 0 Å². The summed E-state index contributed by atoms with van der Waals surface area (Å²) in [6.45, 7) is 5.43. The van der Waals surface area contributed by atoms with Gasteiger partial charge in [-0.2, -0.15) is 0 Å². The highest BCUT2D eigenvalue weighted by Gasteiger charge is 2.10. The van der Waals surface area contributed by atoms with E-state index >= 15 is 0 Å². The van der Waals surface area contributed by atoms with Crippen molar-refractivity contribution in [3.63, 3.8) is 0 Å². The summed E-state index contributed by atoms with van der Waals surface area (Å²) in [6, 6.07) is 12.3. The van der Waals surface area contributed by atoms with Gasteiger partial charge < -0.3 is 9.88 Å². The number of carbonyl (C=O) groups is 1. The van der Waals surface area contributed by atoms with Crippen LogP contribution in [0.25, 0.3) is 22.2 Å². The van der Waals surface area contributed by atoms with E-state index in [4.69, 9.17) is 0 Å². The first-order valence-electron chi connectivity index (χ1n) is 7.53. The molecule has 0 saturated carbocycles. The van der Waals surface area contributed by atoms with Gasteiger partial charge in [0, 0.05) is 24.8 Å². The van der Waals surface area contributed by atoms with E-state index in [1.165, 1.54) is 6.08 Å². The SMILES string of the molecule is C=CC(=O)N[C@H](C)c1ccc(-c2ccnc3c2ccn3C)cc1. The normalized spacial score (nSPS) is 12.1. The molecule has 0 bridgehead atoms. The van der Waals surface area contributed by atoms with Crippen LogP contribution in [-0.2, 0) is 11.8 Å². The van der Waals surface area contributed by atoms with Gasteiger partial charge in [-0.1, -0.05) is 30.8 Å². The van der Waals surface area contributed by atoms with Crippen LogP contribution >= 0.6 is 0 Å². The minimum Gasteiger partial charge on any atom is -0.346 e. The van der Waals surface area contributed by atoms with Gasteiger partial charge in [-0.3, -0.25) is 4.79 Å². The molecule has 1 aromatic carbocycles. The molecule has 3 rings (SSSR count). The lowest BCUT2D eigenvalue weighted by Gasteiger charge is -2.13. The summed E-state index contributed by atoms with van der Waals surface area (Å²) in [5.74, 6) is -0.165. The fourth-order valence-corrected chi connectivity index (χ4v) is 2.72. The van der Waals surface area contributed by atoms with E-state index in [-0.39, 0.29) is 11.9 Å². The van der Waals surface area contributed by atoms with Crippen molar-refractivity contribution < 1.29 is 4.79 Å². The Bertz CT molecular complexity index is 862. The molecule has 116 valence electrons. The van der Waals surface area contributed by atoms with Gasteiger partial charge in [0.15, 0.2) is 0 Å². The van der Waals surface area contributed by atoms with Gasteiger partial charge in [0.1, 0.15) is 5.65 Å². The Hall–Kier alpha value is -2.88. The summed E-state index contributed by atoms with van der Waals surface area (Å²) in [7, 11) is 1.99. The average Bonchev–Trinajstić information content (AvgIpc) is 2.96. The van der Waals surface area contributed by atoms with E-state index in [2.05, 4.69) is 35.1 Å². The Kier molecular flexibility index (Phi) is 3.98. The molecule has 1 N–H and O–H groups in total. The van der Waals surface area contributed by atoms with Crippen LogP contribution in [0.1, 0.15) is 18.5 Å². The number of carbonyl (C=O) groups excluding carboxylic acids is 1. The number of fused-ring (bicyclic) bond motifs is 1. The summed E-state index contributed by atoms with van der Waals surface area (Å²) in [6.07, 6.45) is 5.13. The molecule has 0 spiro atoms. The topological polar surface area (TPSA) is 46.9 Å². The third-order valence-corrected chi connectivity index (χ3v) is 4.03. The summed E-state index contributed by atoms with van der Waals surface area (Å²) < 4.78 is 2.01. The maximum atomic E-state index is 11.4. The molecule has 0 aliphatic rings. The number of hydrogen-bond donors (Lipinski definition) is 1. The first kappa shape index (κ1) is 15.0. The van der Waals surface area contributed by atoms with Crippen molar-refractivity contribution in [2.45, 2.75) is 13.0 Å². The second kappa shape index (κ2) is 6.08. The molecule has 0 aliphatic carbocycles. The van der Waals surface area contributed by atoms with Gasteiger partial charge in [0.25, 0.3) is 0 Å². The number of amides is 1. The van der Waals surface area contributed by atoms with Gasteiger partial charge in [0.05, 0.1) is 6.04 Å². The predicted molar refractivity (Wildman–Crippen MR) is 92.9 cm³/mol.